The molecular formula is C20H25ClN2O2. The van der Waals surface area contributed by atoms with E-state index >= 15 is 0 Å². The molecule has 0 saturated heterocycles. The van der Waals surface area contributed by atoms with Gasteiger partial charge in [0.05, 0.1) is 18.1 Å². The molecule has 0 amide bonds. The molecule has 4 rings (SSSR count). The van der Waals surface area contributed by atoms with Crippen LogP contribution in [0.15, 0.2) is 18.2 Å². The van der Waals surface area contributed by atoms with E-state index in [-0.39, 0.29) is 12.0 Å². The van der Waals surface area contributed by atoms with Gasteiger partial charge in [-0.25, -0.2) is 0 Å². The lowest BCUT2D eigenvalue weighted by Crippen LogP contribution is -2.47. The number of nitrogens with one attached hydrogen (secondary N) is 1. The Balaban J connectivity index is 1.87. The molecule has 2 aliphatic rings. The number of likely N-dealkylation sites (N-methyl/N-ethyl adjacent to an activating group) is 1. The smallest absolute Gasteiger partial charge is 0.314 e. The molecule has 2 aromatic rings. The zero-order chi connectivity index (χ0) is 17.6. The highest BCUT2D eigenvalue weighted by Crippen LogP contribution is 2.53. The van der Waals surface area contributed by atoms with Crippen molar-refractivity contribution >= 4 is 28.5 Å². The summed E-state index contributed by atoms with van der Waals surface area (Å²) in [6.45, 7) is 3.27. The topological polar surface area (TPSA) is 45.3 Å². The summed E-state index contributed by atoms with van der Waals surface area (Å²) in [6, 6.07) is 6.05. The molecule has 2 heterocycles. The molecule has 0 bridgehead atoms. The minimum atomic E-state index is -0.440. The quantitative estimate of drug-likeness (QED) is 0.821. The number of fused-ring (bicyclic) bond motifs is 3. The Morgan fingerprint density at radius 2 is 2.16 bits per heavy atom. The second kappa shape index (κ2) is 6.33. The van der Waals surface area contributed by atoms with Gasteiger partial charge in [0.15, 0.2) is 0 Å². The number of benzene rings is 1. The molecule has 5 heteroatoms. The van der Waals surface area contributed by atoms with Gasteiger partial charge in [-0.1, -0.05) is 24.4 Å². The van der Waals surface area contributed by atoms with Crippen molar-refractivity contribution in [3.63, 3.8) is 0 Å². The third-order valence-electron chi connectivity index (χ3n) is 6.03. The Hall–Kier alpha value is -1.52. The van der Waals surface area contributed by atoms with Crippen LogP contribution in [0.25, 0.3) is 10.9 Å². The number of aromatic nitrogens is 1. The average Bonchev–Trinajstić information content (AvgIpc) is 3.20. The molecule has 1 atom stereocenters. The number of aromatic amines is 1. The first-order chi connectivity index (χ1) is 12.1. The number of halogens is 1. The SMILES string of the molecule is CCOC(=O)C1(C2c3[nH]c4ccc(Cl)cc4c3CCN2C)CCCC1. The molecule has 0 spiro atoms. The molecule has 1 aromatic carbocycles. The lowest BCUT2D eigenvalue weighted by molar-refractivity contribution is -0.160. The summed E-state index contributed by atoms with van der Waals surface area (Å²) < 4.78 is 5.54. The number of esters is 1. The van der Waals surface area contributed by atoms with Crippen molar-refractivity contribution in [2.45, 2.75) is 45.1 Å². The van der Waals surface area contributed by atoms with E-state index < -0.39 is 5.41 Å². The predicted octanol–water partition coefficient (Wildman–Crippen LogP) is 4.47. The monoisotopic (exact) mass is 360 g/mol. The maximum atomic E-state index is 13.0. The fraction of sp³-hybridized carbons (Fsp3) is 0.550. The van der Waals surface area contributed by atoms with Crippen LogP contribution in [0.5, 0.6) is 0 Å². The van der Waals surface area contributed by atoms with Crippen molar-refractivity contribution in [2.24, 2.45) is 5.41 Å². The maximum Gasteiger partial charge on any atom is 0.314 e. The lowest BCUT2D eigenvalue weighted by atomic mass is 9.74. The molecule has 1 N–H and O–H groups in total. The molecule has 0 radical (unpaired) electrons. The number of H-pyrrole nitrogens is 1. The third-order valence-corrected chi connectivity index (χ3v) is 6.27. The van der Waals surface area contributed by atoms with Gasteiger partial charge in [-0.15, -0.1) is 0 Å². The van der Waals surface area contributed by atoms with Gasteiger partial charge in [0.1, 0.15) is 0 Å². The van der Waals surface area contributed by atoms with Crippen molar-refractivity contribution in [3.05, 3.63) is 34.5 Å². The van der Waals surface area contributed by atoms with Crippen LogP contribution < -0.4 is 0 Å². The minimum absolute atomic E-state index is 0.0334. The van der Waals surface area contributed by atoms with Gasteiger partial charge in [-0.05, 0) is 57.0 Å². The van der Waals surface area contributed by atoms with Gasteiger partial charge < -0.3 is 9.72 Å². The molecule has 1 aliphatic heterocycles. The predicted molar refractivity (Wildman–Crippen MR) is 99.9 cm³/mol. The van der Waals surface area contributed by atoms with Crippen LogP contribution >= 0.6 is 11.6 Å². The summed E-state index contributed by atoms with van der Waals surface area (Å²) in [6.07, 6.45) is 4.95. The Bertz CT molecular complexity index is 807. The van der Waals surface area contributed by atoms with Crippen LogP contribution in [0.1, 0.15) is 49.9 Å². The van der Waals surface area contributed by atoms with E-state index in [9.17, 15) is 4.79 Å². The number of carbonyl (C=O) groups is 1. The van der Waals surface area contributed by atoms with E-state index in [1.165, 1.54) is 16.6 Å². The van der Waals surface area contributed by atoms with E-state index in [0.717, 1.165) is 49.2 Å². The fourth-order valence-electron chi connectivity index (χ4n) is 4.95. The zero-order valence-corrected chi connectivity index (χ0v) is 15.7. The minimum Gasteiger partial charge on any atom is -0.466 e. The second-order valence-corrected chi connectivity index (χ2v) is 7.86. The van der Waals surface area contributed by atoms with E-state index in [4.69, 9.17) is 16.3 Å². The van der Waals surface area contributed by atoms with Crippen LogP contribution in [-0.4, -0.2) is 36.1 Å². The summed E-state index contributed by atoms with van der Waals surface area (Å²) in [5.74, 6) is -0.0334. The largest absolute Gasteiger partial charge is 0.466 e. The number of nitrogens with zero attached hydrogens (tertiary/aromatic N) is 1. The van der Waals surface area contributed by atoms with E-state index in [1.807, 2.05) is 25.1 Å². The van der Waals surface area contributed by atoms with Gasteiger partial charge in [0.25, 0.3) is 0 Å². The first-order valence-corrected chi connectivity index (χ1v) is 9.62. The maximum absolute atomic E-state index is 13.0. The van der Waals surface area contributed by atoms with Crippen LogP contribution in [-0.2, 0) is 16.0 Å². The Kier molecular flexibility index (Phi) is 4.28. The van der Waals surface area contributed by atoms with Crippen LogP contribution in [0, 0.1) is 5.41 Å². The lowest BCUT2D eigenvalue weighted by Gasteiger charge is -2.43. The molecule has 4 nitrogen and oxygen atoms in total. The number of ether oxygens (including phenoxy) is 1. The van der Waals surface area contributed by atoms with Crippen molar-refractivity contribution in [3.8, 4) is 0 Å². The molecule has 134 valence electrons. The highest BCUT2D eigenvalue weighted by Gasteiger charge is 2.53. The van der Waals surface area contributed by atoms with E-state index in [0.29, 0.717) is 6.61 Å². The molecule has 1 unspecified atom stereocenters. The first kappa shape index (κ1) is 16.9. The summed E-state index contributed by atoms with van der Waals surface area (Å²) >= 11 is 6.23. The standard InChI is InChI=1S/C20H25ClN2O2/c1-3-25-19(24)20(9-4-5-10-20)18-17-14(8-11-23(18)2)15-12-13(21)6-7-16(15)22-17/h6-7,12,18,22H,3-5,8-11H2,1-2H3. The van der Waals surface area contributed by atoms with Crippen molar-refractivity contribution in [1.82, 2.24) is 9.88 Å². The van der Waals surface area contributed by atoms with Gasteiger partial charge >= 0.3 is 5.97 Å². The number of rotatable bonds is 3. The fourth-order valence-corrected chi connectivity index (χ4v) is 5.12. The normalized spacial score (nSPS) is 22.9. The van der Waals surface area contributed by atoms with Crippen molar-refractivity contribution in [1.29, 1.82) is 0 Å². The highest BCUT2D eigenvalue weighted by atomic mass is 35.5. The summed E-state index contributed by atoms with van der Waals surface area (Å²) in [5, 5.41) is 1.95. The second-order valence-electron chi connectivity index (χ2n) is 7.42. The van der Waals surface area contributed by atoms with E-state index in [2.05, 4.69) is 16.9 Å². The van der Waals surface area contributed by atoms with Crippen LogP contribution in [0.4, 0.5) is 0 Å². The molecule has 1 aliphatic carbocycles. The molecular weight excluding hydrogens is 336 g/mol. The Morgan fingerprint density at radius 1 is 1.40 bits per heavy atom. The molecule has 1 fully saturated rings. The summed E-state index contributed by atoms with van der Waals surface area (Å²) in [4.78, 5) is 19.0. The third kappa shape index (κ3) is 2.58. The van der Waals surface area contributed by atoms with Gasteiger partial charge in [-0.2, -0.15) is 0 Å². The van der Waals surface area contributed by atoms with Gasteiger partial charge in [0, 0.05) is 28.2 Å². The van der Waals surface area contributed by atoms with Crippen molar-refractivity contribution in [2.75, 3.05) is 20.2 Å². The summed E-state index contributed by atoms with van der Waals surface area (Å²) in [5.41, 5.74) is 3.16. The van der Waals surface area contributed by atoms with Gasteiger partial charge in [0.2, 0.25) is 0 Å². The number of hydrogen-bond donors (Lipinski definition) is 1. The molecule has 25 heavy (non-hydrogen) atoms. The average molecular weight is 361 g/mol. The van der Waals surface area contributed by atoms with Gasteiger partial charge in [-0.3, -0.25) is 9.69 Å². The first-order valence-electron chi connectivity index (χ1n) is 9.24. The molecule has 1 saturated carbocycles. The zero-order valence-electron chi connectivity index (χ0n) is 14.9. The van der Waals surface area contributed by atoms with Crippen LogP contribution in [0.2, 0.25) is 5.02 Å². The van der Waals surface area contributed by atoms with Crippen LogP contribution in [0.3, 0.4) is 0 Å². The highest BCUT2D eigenvalue weighted by molar-refractivity contribution is 6.31. The van der Waals surface area contributed by atoms with Crippen molar-refractivity contribution < 1.29 is 9.53 Å². The number of hydrogen-bond acceptors (Lipinski definition) is 3. The molecule has 1 aromatic heterocycles. The Morgan fingerprint density at radius 3 is 2.88 bits per heavy atom. The van der Waals surface area contributed by atoms with E-state index in [1.54, 1.807) is 0 Å². The number of carbonyl (C=O) groups excluding carboxylic acids is 1. The Labute approximate surface area is 153 Å². The summed E-state index contributed by atoms with van der Waals surface area (Å²) in [7, 11) is 2.13.